The van der Waals surface area contributed by atoms with E-state index in [0.29, 0.717) is 12.8 Å². The number of carboxylic acid groups (broad SMARTS) is 1. The van der Waals surface area contributed by atoms with Crippen molar-refractivity contribution >= 4 is 17.7 Å². The van der Waals surface area contributed by atoms with Crippen LogP contribution in [0.3, 0.4) is 0 Å². The Kier molecular flexibility index (Phi) is 6.03. The molecule has 0 saturated carbocycles. The van der Waals surface area contributed by atoms with Gasteiger partial charge in [-0.25, -0.2) is 4.79 Å². The van der Waals surface area contributed by atoms with Crippen molar-refractivity contribution in [2.45, 2.75) is 46.1 Å². The highest BCUT2D eigenvalue weighted by atomic mass is 16.4. The van der Waals surface area contributed by atoms with Crippen LogP contribution in [0.1, 0.15) is 37.3 Å². The zero-order valence-corrected chi connectivity index (χ0v) is 12.2. The molecule has 0 spiro atoms. The number of aryl methyl sites for hydroxylation is 2. The van der Waals surface area contributed by atoms with Crippen LogP contribution in [0.15, 0.2) is 18.2 Å². The second-order valence-corrected chi connectivity index (χ2v) is 5.10. The van der Waals surface area contributed by atoms with E-state index < -0.39 is 5.97 Å². The molecule has 1 aromatic rings. The molecule has 3 N–H and O–H groups in total. The van der Waals surface area contributed by atoms with Crippen LogP contribution in [-0.2, 0) is 4.79 Å². The molecule has 0 bridgehead atoms. The molecule has 20 heavy (non-hydrogen) atoms. The predicted molar refractivity (Wildman–Crippen MR) is 79.0 cm³/mol. The lowest BCUT2D eigenvalue weighted by atomic mass is 10.1. The average Bonchev–Trinajstić information content (AvgIpc) is 2.32. The highest BCUT2D eigenvalue weighted by Gasteiger charge is 2.09. The SMILES string of the molecule is Cc1ccc(NC(=O)NC(C)CCCC(=O)O)c(C)c1. The van der Waals surface area contributed by atoms with Gasteiger partial charge in [-0.3, -0.25) is 4.79 Å². The van der Waals surface area contributed by atoms with E-state index in [1.165, 1.54) is 0 Å². The topological polar surface area (TPSA) is 78.4 Å². The van der Waals surface area contributed by atoms with Gasteiger partial charge in [-0.05, 0) is 45.2 Å². The first-order chi connectivity index (χ1) is 9.38. The van der Waals surface area contributed by atoms with Gasteiger partial charge in [0.1, 0.15) is 0 Å². The second-order valence-electron chi connectivity index (χ2n) is 5.10. The number of hydrogen-bond donors (Lipinski definition) is 3. The van der Waals surface area contributed by atoms with Gasteiger partial charge in [0.25, 0.3) is 0 Å². The van der Waals surface area contributed by atoms with Crippen LogP contribution in [0, 0.1) is 13.8 Å². The number of carbonyl (C=O) groups excluding carboxylic acids is 1. The Labute approximate surface area is 119 Å². The van der Waals surface area contributed by atoms with Crippen molar-refractivity contribution in [3.63, 3.8) is 0 Å². The number of carboxylic acids is 1. The van der Waals surface area contributed by atoms with Crippen molar-refractivity contribution in [3.05, 3.63) is 29.3 Å². The Morgan fingerprint density at radius 2 is 2.00 bits per heavy atom. The number of benzene rings is 1. The quantitative estimate of drug-likeness (QED) is 0.748. The van der Waals surface area contributed by atoms with Crippen LogP contribution >= 0.6 is 0 Å². The first-order valence-electron chi connectivity index (χ1n) is 6.75. The molecule has 5 heteroatoms. The standard InChI is InChI=1S/C15H22N2O3/c1-10-7-8-13(11(2)9-10)17-15(20)16-12(3)5-4-6-14(18)19/h7-9,12H,4-6H2,1-3H3,(H,18,19)(H2,16,17,20). The minimum Gasteiger partial charge on any atom is -0.481 e. The molecule has 1 rings (SSSR count). The number of amides is 2. The van der Waals surface area contributed by atoms with E-state index in [1.807, 2.05) is 39.0 Å². The van der Waals surface area contributed by atoms with E-state index in [9.17, 15) is 9.59 Å². The number of hydrogen-bond acceptors (Lipinski definition) is 2. The van der Waals surface area contributed by atoms with Crippen LogP contribution in [-0.4, -0.2) is 23.1 Å². The van der Waals surface area contributed by atoms with Crippen LogP contribution in [0.2, 0.25) is 0 Å². The van der Waals surface area contributed by atoms with Crippen molar-refractivity contribution in [1.82, 2.24) is 5.32 Å². The van der Waals surface area contributed by atoms with Gasteiger partial charge < -0.3 is 15.7 Å². The Bertz CT molecular complexity index is 486. The summed E-state index contributed by atoms with van der Waals surface area (Å²) < 4.78 is 0. The molecule has 0 heterocycles. The molecular weight excluding hydrogens is 256 g/mol. The Balaban J connectivity index is 2.41. The molecule has 2 amide bonds. The normalized spacial score (nSPS) is 11.8. The maximum Gasteiger partial charge on any atom is 0.319 e. The maximum absolute atomic E-state index is 11.8. The Morgan fingerprint density at radius 1 is 1.30 bits per heavy atom. The fraction of sp³-hybridized carbons (Fsp3) is 0.467. The third kappa shape index (κ3) is 5.73. The molecule has 1 aromatic carbocycles. The van der Waals surface area contributed by atoms with Gasteiger partial charge in [0.05, 0.1) is 0 Å². The number of urea groups is 1. The highest BCUT2D eigenvalue weighted by Crippen LogP contribution is 2.15. The van der Waals surface area contributed by atoms with Gasteiger partial charge in [0.2, 0.25) is 0 Å². The van der Waals surface area contributed by atoms with Crippen LogP contribution in [0.25, 0.3) is 0 Å². The summed E-state index contributed by atoms with van der Waals surface area (Å²) in [5.41, 5.74) is 2.94. The van der Waals surface area contributed by atoms with Crippen LogP contribution in [0.4, 0.5) is 10.5 Å². The number of rotatable bonds is 6. The molecule has 0 aliphatic carbocycles. The molecule has 5 nitrogen and oxygen atoms in total. The zero-order chi connectivity index (χ0) is 15.1. The molecule has 0 aromatic heterocycles. The van der Waals surface area contributed by atoms with E-state index in [0.717, 1.165) is 16.8 Å². The summed E-state index contributed by atoms with van der Waals surface area (Å²) in [7, 11) is 0. The maximum atomic E-state index is 11.8. The predicted octanol–water partition coefficient (Wildman–Crippen LogP) is 3.07. The Morgan fingerprint density at radius 3 is 2.60 bits per heavy atom. The molecule has 0 aliphatic heterocycles. The summed E-state index contributed by atoms with van der Waals surface area (Å²) in [6.07, 6.45) is 1.33. The van der Waals surface area contributed by atoms with Crippen LogP contribution in [0.5, 0.6) is 0 Å². The highest BCUT2D eigenvalue weighted by molar-refractivity contribution is 5.90. The molecule has 0 aliphatic rings. The lowest BCUT2D eigenvalue weighted by molar-refractivity contribution is -0.137. The van der Waals surface area contributed by atoms with Gasteiger partial charge in [0.15, 0.2) is 0 Å². The smallest absolute Gasteiger partial charge is 0.319 e. The molecule has 110 valence electrons. The molecular formula is C15H22N2O3. The summed E-state index contributed by atoms with van der Waals surface area (Å²) in [5.74, 6) is -0.808. The van der Waals surface area contributed by atoms with Crippen molar-refractivity contribution < 1.29 is 14.7 Å². The number of nitrogens with one attached hydrogen (secondary N) is 2. The van der Waals surface area contributed by atoms with Gasteiger partial charge in [-0.1, -0.05) is 17.7 Å². The average molecular weight is 278 g/mol. The van der Waals surface area contributed by atoms with E-state index in [4.69, 9.17) is 5.11 Å². The first-order valence-corrected chi connectivity index (χ1v) is 6.75. The molecule has 0 saturated heterocycles. The fourth-order valence-corrected chi connectivity index (χ4v) is 1.97. The molecule has 1 atom stereocenters. The zero-order valence-electron chi connectivity index (χ0n) is 12.2. The minimum atomic E-state index is -0.808. The second kappa shape index (κ2) is 7.53. The lowest BCUT2D eigenvalue weighted by Gasteiger charge is -2.15. The van der Waals surface area contributed by atoms with Gasteiger partial charge >= 0.3 is 12.0 Å². The van der Waals surface area contributed by atoms with E-state index >= 15 is 0 Å². The monoisotopic (exact) mass is 278 g/mol. The van der Waals surface area contributed by atoms with Gasteiger partial charge in [-0.15, -0.1) is 0 Å². The van der Waals surface area contributed by atoms with Crippen molar-refractivity contribution in [3.8, 4) is 0 Å². The third-order valence-electron chi connectivity index (χ3n) is 3.04. The van der Waals surface area contributed by atoms with Crippen molar-refractivity contribution in [1.29, 1.82) is 0 Å². The number of aliphatic carboxylic acids is 1. The van der Waals surface area contributed by atoms with Crippen molar-refractivity contribution in [2.24, 2.45) is 0 Å². The number of anilines is 1. The van der Waals surface area contributed by atoms with Gasteiger partial charge in [-0.2, -0.15) is 0 Å². The summed E-state index contributed by atoms with van der Waals surface area (Å²) >= 11 is 0. The lowest BCUT2D eigenvalue weighted by Crippen LogP contribution is -2.36. The summed E-state index contributed by atoms with van der Waals surface area (Å²) in [5, 5.41) is 14.2. The fourth-order valence-electron chi connectivity index (χ4n) is 1.97. The Hall–Kier alpha value is -2.04. The van der Waals surface area contributed by atoms with Crippen molar-refractivity contribution in [2.75, 3.05) is 5.32 Å². The molecule has 0 fully saturated rings. The van der Waals surface area contributed by atoms with E-state index in [-0.39, 0.29) is 18.5 Å². The van der Waals surface area contributed by atoms with Crippen LogP contribution < -0.4 is 10.6 Å². The molecule has 0 radical (unpaired) electrons. The summed E-state index contributed by atoms with van der Waals surface area (Å²) in [4.78, 5) is 22.2. The van der Waals surface area contributed by atoms with Gasteiger partial charge in [0, 0.05) is 18.2 Å². The number of carbonyl (C=O) groups is 2. The minimum absolute atomic E-state index is 0.0555. The summed E-state index contributed by atoms with van der Waals surface area (Å²) in [6.45, 7) is 5.81. The third-order valence-corrected chi connectivity index (χ3v) is 3.04. The largest absolute Gasteiger partial charge is 0.481 e. The van der Waals surface area contributed by atoms with E-state index in [1.54, 1.807) is 0 Å². The first kappa shape index (κ1) is 16.0. The molecule has 1 unspecified atom stereocenters. The van der Waals surface area contributed by atoms with E-state index in [2.05, 4.69) is 10.6 Å². The summed E-state index contributed by atoms with van der Waals surface area (Å²) in [6, 6.07) is 5.50.